The van der Waals surface area contributed by atoms with E-state index in [1.165, 1.54) is 19.1 Å². The summed E-state index contributed by atoms with van der Waals surface area (Å²) in [6.07, 6.45) is -0.769. The van der Waals surface area contributed by atoms with Gasteiger partial charge in [-0.25, -0.2) is 9.59 Å². The number of rotatable bonds is 6. The number of anilines is 1. The van der Waals surface area contributed by atoms with Crippen molar-refractivity contribution in [1.29, 1.82) is 0 Å². The molecule has 0 atom stereocenters. The van der Waals surface area contributed by atoms with Crippen LogP contribution in [-0.4, -0.2) is 24.5 Å². The van der Waals surface area contributed by atoms with Crippen molar-refractivity contribution in [3.8, 4) is 5.75 Å². The lowest BCUT2D eigenvalue weighted by Crippen LogP contribution is -2.19. The van der Waals surface area contributed by atoms with E-state index in [1.807, 2.05) is 13.8 Å². The third-order valence-electron chi connectivity index (χ3n) is 3.37. The van der Waals surface area contributed by atoms with Crippen LogP contribution in [0.1, 0.15) is 41.5 Å². The van der Waals surface area contributed by atoms with Crippen molar-refractivity contribution in [2.75, 3.05) is 11.9 Å². The molecule has 0 heterocycles. The Labute approximate surface area is 152 Å². The highest BCUT2D eigenvalue weighted by Crippen LogP contribution is 2.20. The maximum Gasteiger partial charge on any atom is 0.417 e. The Morgan fingerprint density at radius 1 is 1.04 bits per heavy atom. The molecule has 0 aromatic heterocycles. The van der Waals surface area contributed by atoms with Crippen LogP contribution in [0.15, 0.2) is 48.5 Å². The van der Waals surface area contributed by atoms with E-state index in [-0.39, 0.29) is 29.6 Å². The fourth-order valence-electron chi connectivity index (χ4n) is 2.10. The minimum Gasteiger partial charge on any atom is -0.462 e. The van der Waals surface area contributed by atoms with Gasteiger partial charge in [0.2, 0.25) is 0 Å². The van der Waals surface area contributed by atoms with E-state index in [1.54, 1.807) is 36.4 Å². The third kappa shape index (κ3) is 5.44. The van der Waals surface area contributed by atoms with Crippen molar-refractivity contribution >= 4 is 23.5 Å². The Kier molecular flexibility index (Phi) is 6.49. The highest BCUT2D eigenvalue weighted by atomic mass is 16.6. The fourth-order valence-corrected chi connectivity index (χ4v) is 2.10. The molecule has 0 bridgehead atoms. The number of ketones is 1. The second kappa shape index (κ2) is 8.80. The first-order chi connectivity index (χ1) is 12.4. The molecule has 136 valence electrons. The summed E-state index contributed by atoms with van der Waals surface area (Å²) in [6.45, 7) is 5.57. The average molecular weight is 355 g/mol. The summed E-state index contributed by atoms with van der Waals surface area (Å²) in [6, 6.07) is 12.8. The van der Waals surface area contributed by atoms with Gasteiger partial charge in [0.25, 0.3) is 0 Å². The van der Waals surface area contributed by atoms with E-state index in [9.17, 15) is 14.4 Å². The van der Waals surface area contributed by atoms with Gasteiger partial charge < -0.3 is 9.47 Å². The number of benzene rings is 2. The van der Waals surface area contributed by atoms with E-state index < -0.39 is 12.1 Å². The topological polar surface area (TPSA) is 81.7 Å². The van der Waals surface area contributed by atoms with Crippen LogP contribution < -0.4 is 10.1 Å². The van der Waals surface area contributed by atoms with E-state index in [0.29, 0.717) is 11.3 Å². The lowest BCUT2D eigenvalue weighted by molar-refractivity contribution is 0.0456. The number of hydrogen-bond acceptors (Lipinski definition) is 5. The fraction of sp³-hybridized carbons (Fsp3) is 0.250. The molecule has 6 nitrogen and oxygen atoms in total. The third-order valence-corrected chi connectivity index (χ3v) is 3.37. The number of esters is 1. The maximum atomic E-state index is 12.2. The molecule has 2 aromatic rings. The summed E-state index contributed by atoms with van der Waals surface area (Å²) < 4.78 is 10.4. The molecule has 0 saturated carbocycles. The molecule has 6 heteroatoms. The predicted molar refractivity (Wildman–Crippen MR) is 97.7 cm³/mol. The van der Waals surface area contributed by atoms with Gasteiger partial charge >= 0.3 is 12.1 Å². The standard InChI is InChI=1S/C20H21NO5/c1-13(2)12-25-19(23)17-9-4-5-10-18(17)26-20(24)21-16-8-6-7-15(11-16)14(3)22/h4-11,13H,12H2,1-3H3,(H,21,24). The van der Waals surface area contributed by atoms with E-state index in [2.05, 4.69) is 5.32 Å². The maximum absolute atomic E-state index is 12.2. The highest BCUT2D eigenvalue weighted by Gasteiger charge is 2.17. The van der Waals surface area contributed by atoms with Gasteiger partial charge in [-0.05, 0) is 37.1 Å². The van der Waals surface area contributed by atoms with Crippen LogP contribution in [0.2, 0.25) is 0 Å². The summed E-state index contributed by atoms with van der Waals surface area (Å²) in [5.41, 5.74) is 1.06. The number of para-hydroxylation sites is 1. The molecule has 0 radical (unpaired) electrons. The van der Waals surface area contributed by atoms with Crippen molar-refractivity contribution in [2.24, 2.45) is 5.92 Å². The number of amides is 1. The summed E-state index contributed by atoms with van der Waals surface area (Å²) in [7, 11) is 0. The summed E-state index contributed by atoms with van der Waals surface area (Å²) in [5.74, 6) is -0.369. The second-order valence-corrected chi connectivity index (χ2v) is 6.14. The summed E-state index contributed by atoms with van der Waals surface area (Å²) in [5, 5.41) is 2.54. The molecule has 26 heavy (non-hydrogen) atoms. The average Bonchev–Trinajstić information content (AvgIpc) is 2.60. The highest BCUT2D eigenvalue weighted by molar-refractivity contribution is 5.97. The van der Waals surface area contributed by atoms with Crippen molar-refractivity contribution in [3.63, 3.8) is 0 Å². The lowest BCUT2D eigenvalue weighted by atomic mass is 10.1. The molecule has 0 saturated heterocycles. The van der Waals surface area contributed by atoms with Crippen LogP contribution in [0.5, 0.6) is 5.75 Å². The number of Topliss-reactive ketones (excluding diaryl/α,β-unsaturated/α-hetero) is 1. The zero-order chi connectivity index (χ0) is 19.1. The van der Waals surface area contributed by atoms with Gasteiger partial charge in [-0.3, -0.25) is 10.1 Å². The number of carbonyl (C=O) groups is 3. The normalized spacial score (nSPS) is 10.3. The van der Waals surface area contributed by atoms with Crippen LogP contribution >= 0.6 is 0 Å². The van der Waals surface area contributed by atoms with Crippen LogP contribution in [-0.2, 0) is 4.74 Å². The first-order valence-electron chi connectivity index (χ1n) is 8.23. The molecular weight excluding hydrogens is 334 g/mol. The molecule has 0 spiro atoms. The smallest absolute Gasteiger partial charge is 0.417 e. The molecule has 2 rings (SSSR count). The van der Waals surface area contributed by atoms with E-state index in [0.717, 1.165) is 0 Å². The van der Waals surface area contributed by atoms with Gasteiger partial charge in [-0.15, -0.1) is 0 Å². The lowest BCUT2D eigenvalue weighted by Gasteiger charge is -2.12. The molecular formula is C20H21NO5. The molecule has 0 aliphatic rings. The molecule has 1 N–H and O–H groups in total. The molecule has 0 aliphatic carbocycles. The molecule has 0 fully saturated rings. The Hall–Kier alpha value is -3.15. The summed E-state index contributed by atoms with van der Waals surface area (Å²) in [4.78, 5) is 35.7. The monoisotopic (exact) mass is 355 g/mol. The van der Waals surface area contributed by atoms with Crippen molar-refractivity contribution in [3.05, 3.63) is 59.7 Å². The van der Waals surface area contributed by atoms with Crippen LogP contribution in [0.25, 0.3) is 0 Å². The molecule has 1 amide bonds. The predicted octanol–water partition coefficient (Wildman–Crippen LogP) is 4.31. The van der Waals surface area contributed by atoms with Crippen LogP contribution in [0.3, 0.4) is 0 Å². The summed E-state index contributed by atoms with van der Waals surface area (Å²) >= 11 is 0. The van der Waals surface area contributed by atoms with Gasteiger partial charge in [0.15, 0.2) is 5.78 Å². The quantitative estimate of drug-likeness (QED) is 0.617. The van der Waals surface area contributed by atoms with Crippen LogP contribution in [0, 0.1) is 5.92 Å². The molecule has 0 aliphatic heterocycles. The zero-order valence-electron chi connectivity index (χ0n) is 14.9. The minimum absolute atomic E-state index is 0.0986. The zero-order valence-corrected chi connectivity index (χ0v) is 14.9. The largest absolute Gasteiger partial charge is 0.462 e. The van der Waals surface area contributed by atoms with Gasteiger partial charge in [0.05, 0.1) is 6.61 Å². The number of ether oxygens (including phenoxy) is 2. The van der Waals surface area contributed by atoms with E-state index >= 15 is 0 Å². The Morgan fingerprint density at radius 2 is 1.77 bits per heavy atom. The number of carbonyl (C=O) groups excluding carboxylic acids is 3. The van der Waals surface area contributed by atoms with Gasteiger partial charge in [-0.2, -0.15) is 0 Å². The van der Waals surface area contributed by atoms with Crippen molar-refractivity contribution in [1.82, 2.24) is 0 Å². The second-order valence-electron chi connectivity index (χ2n) is 6.14. The first-order valence-corrected chi connectivity index (χ1v) is 8.23. The van der Waals surface area contributed by atoms with Crippen molar-refractivity contribution in [2.45, 2.75) is 20.8 Å². The van der Waals surface area contributed by atoms with Crippen molar-refractivity contribution < 1.29 is 23.9 Å². The van der Waals surface area contributed by atoms with Crippen LogP contribution in [0.4, 0.5) is 10.5 Å². The Morgan fingerprint density at radius 3 is 2.46 bits per heavy atom. The minimum atomic E-state index is -0.769. The Bertz CT molecular complexity index is 813. The van der Waals surface area contributed by atoms with Gasteiger partial charge in [0, 0.05) is 11.3 Å². The number of hydrogen-bond donors (Lipinski definition) is 1. The molecule has 0 unspecified atom stereocenters. The van der Waals surface area contributed by atoms with Gasteiger partial charge in [0.1, 0.15) is 11.3 Å². The Balaban J connectivity index is 2.08. The van der Waals surface area contributed by atoms with Gasteiger partial charge in [-0.1, -0.05) is 38.1 Å². The molecule has 2 aromatic carbocycles. The van der Waals surface area contributed by atoms with E-state index in [4.69, 9.17) is 9.47 Å². The number of nitrogens with one attached hydrogen (secondary N) is 1. The SMILES string of the molecule is CC(=O)c1cccc(NC(=O)Oc2ccccc2C(=O)OCC(C)C)c1. The first kappa shape index (κ1) is 19.2.